The van der Waals surface area contributed by atoms with Crippen LogP contribution in [0.25, 0.3) is 0 Å². The Balaban J connectivity index is 2.78. The van der Waals surface area contributed by atoms with E-state index in [2.05, 4.69) is 45.0 Å². The Morgan fingerprint density at radius 1 is 1.10 bits per heavy atom. The van der Waals surface area contributed by atoms with Gasteiger partial charge in [-0.2, -0.15) is 0 Å². The highest BCUT2D eigenvalue weighted by atomic mass is 28.3. The monoisotopic (exact) mass is 313 g/mol. The Labute approximate surface area is 129 Å². The summed E-state index contributed by atoms with van der Waals surface area (Å²) in [6.45, 7) is 13.7. The number of nitrogens with zero attached hydrogens (tertiary/aromatic N) is 1. The molecular formula is C13H28BNO3Si2. The average molecular weight is 313 g/mol. The van der Waals surface area contributed by atoms with Gasteiger partial charge in [-0.1, -0.05) is 13.1 Å². The number of ether oxygens (including phenoxy) is 1. The zero-order valence-corrected chi connectivity index (χ0v) is 15.9. The van der Waals surface area contributed by atoms with Crippen LogP contribution < -0.4 is 0 Å². The molecule has 0 saturated carbocycles. The third-order valence-corrected chi connectivity index (χ3v) is 7.22. The highest BCUT2D eigenvalue weighted by Crippen LogP contribution is 2.38. The minimum Gasteiger partial charge on any atom is -0.402 e. The number of methoxy groups -OCH3 is 1. The van der Waals surface area contributed by atoms with Gasteiger partial charge in [-0.05, 0) is 40.5 Å². The van der Waals surface area contributed by atoms with Crippen LogP contribution in [0.15, 0.2) is 0 Å². The van der Waals surface area contributed by atoms with E-state index in [0.717, 1.165) is 38.8 Å². The van der Waals surface area contributed by atoms with Gasteiger partial charge in [-0.3, -0.25) is 0 Å². The van der Waals surface area contributed by atoms with Gasteiger partial charge in [-0.25, -0.2) is 0 Å². The van der Waals surface area contributed by atoms with Crippen molar-refractivity contribution in [2.45, 2.75) is 70.8 Å². The Hall–Kier alpha value is 0.339. The molecular weight excluding hydrogens is 285 g/mol. The SMILES string of the molecule is COCCCC(B1OC(C)(C)C(C)(C)O1)N([Si]C)[Si]C. The lowest BCUT2D eigenvalue weighted by Crippen LogP contribution is -2.50. The van der Waals surface area contributed by atoms with E-state index in [0.29, 0.717) is 5.94 Å². The summed E-state index contributed by atoms with van der Waals surface area (Å²) in [6.07, 6.45) is 2.09. The van der Waals surface area contributed by atoms with E-state index in [1.54, 1.807) is 7.11 Å². The van der Waals surface area contributed by atoms with Gasteiger partial charge in [0, 0.05) is 19.7 Å². The van der Waals surface area contributed by atoms with Crippen LogP contribution in [-0.4, -0.2) is 61.6 Å². The second-order valence-electron chi connectivity index (χ2n) is 6.14. The van der Waals surface area contributed by atoms with Gasteiger partial charge in [0.2, 0.25) is 0 Å². The maximum atomic E-state index is 6.25. The summed E-state index contributed by atoms with van der Waals surface area (Å²) in [5.41, 5.74) is -0.507. The molecule has 0 amide bonds. The lowest BCUT2D eigenvalue weighted by molar-refractivity contribution is 0.00578. The zero-order chi connectivity index (χ0) is 15.4. The van der Waals surface area contributed by atoms with Crippen molar-refractivity contribution in [3.8, 4) is 0 Å². The van der Waals surface area contributed by atoms with E-state index in [9.17, 15) is 0 Å². The van der Waals surface area contributed by atoms with E-state index in [1.165, 1.54) is 0 Å². The molecule has 4 nitrogen and oxygen atoms in total. The topological polar surface area (TPSA) is 30.9 Å². The van der Waals surface area contributed by atoms with Crippen LogP contribution in [0.5, 0.6) is 0 Å². The third kappa shape index (κ3) is 4.18. The van der Waals surface area contributed by atoms with E-state index >= 15 is 0 Å². The fourth-order valence-electron chi connectivity index (χ4n) is 2.31. The minimum atomic E-state index is -0.253. The fraction of sp³-hybridized carbons (Fsp3) is 1.00. The highest BCUT2D eigenvalue weighted by Gasteiger charge is 2.54. The summed E-state index contributed by atoms with van der Waals surface area (Å²) >= 11 is 0. The molecule has 0 aliphatic carbocycles. The molecule has 1 aliphatic heterocycles. The molecule has 1 unspecified atom stereocenters. The van der Waals surface area contributed by atoms with Crippen molar-refractivity contribution in [2.75, 3.05) is 13.7 Å². The molecule has 0 N–H and O–H groups in total. The van der Waals surface area contributed by atoms with Crippen LogP contribution in [0, 0.1) is 0 Å². The first kappa shape index (κ1) is 18.4. The molecule has 1 heterocycles. The minimum absolute atomic E-state index is 0.142. The maximum Gasteiger partial charge on any atom is 0.474 e. The van der Waals surface area contributed by atoms with E-state index in [4.69, 9.17) is 14.0 Å². The highest BCUT2D eigenvalue weighted by molar-refractivity contribution is 6.55. The summed E-state index contributed by atoms with van der Waals surface area (Å²) in [6, 6.07) is 0. The van der Waals surface area contributed by atoms with Crippen LogP contribution in [0.3, 0.4) is 0 Å². The van der Waals surface area contributed by atoms with Crippen molar-refractivity contribution in [1.82, 2.24) is 4.23 Å². The van der Waals surface area contributed by atoms with Gasteiger partial charge in [0.1, 0.15) is 19.4 Å². The molecule has 0 aromatic rings. The van der Waals surface area contributed by atoms with Crippen molar-refractivity contribution < 1.29 is 14.0 Å². The fourth-order valence-corrected chi connectivity index (χ4v) is 4.37. The molecule has 20 heavy (non-hydrogen) atoms. The largest absolute Gasteiger partial charge is 0.474 e. The molecule has 1 atom stereocenters. The first-order valence-corrected chi connectivity index (χ1v) is 10.2. The summed E-state index contributed by atoms with van der Waals surface area (Å²) in [7, 11) is 3.17. The molecule has 1 fully saturated rings. The molecule has 1 rings (SSSR count). The van der Waals surface area contributed by atoms with E-state index in [-0.39, 0.29) is 18.3 Å². The zero-order valence-electron chi connectivity index (χ0n) is 13.9. The summed E-state index contributed by atoms with van der Waals surface area (Å²) in [5.74, 6) is 0.317. The van der Waals surface area contributed by atoms with Crippen LogP contribution in [0.4, 0.5) is 0 Å². The maximum absolute atomic E-state index is 6.25. The molecule has 1 saturated heterocycles. The van der Waals surface area contributed by atoms with Gasteiger partial charge in [0.05, 0.1) is 11.2 Å². The Kier molecular flexibility index (Phi) is 6.95. The summed E-state index contributed by atoms with van der Waals surface area (Å²) in [4.78, 5) is 0. The van der Waals surface area contributed by atoms with Crippen molar-refractivity contribution in [3.05, 3.63) is 0 Å². The quantitative estimate of drug-likeness (QED) is 0.507. The second-order valence-corrected chi connectivity index (χ2v) is 8.45. The van der Waals surface area contributed by atoms with Crippen LogP contribution in [0.1, 0.15) is 40.5 Å². The predicted molar refractivity (Wildman–Crippen MR) is 86.1 cm³/mol. The van der Waals surface area contributed by atoms with Gasteiger partial charge in [0.15, 0.2) is 0 Å². The molecule has 0 bridgehead atoms. The number of hydrogen-bond donors (Lipinski definition) is 0. The third-order valence-electron chi connectivity index (χ3n) is 4.25. The summed E-state index contributed by atoms with van der Waals surface area (Å²) in [5, 5.41) is 0. The van der Waals surface area contributed by atoms with Crippen molar-refractivity contribution >= 4 is 26.5 Å². The lowest BCUT2D eigenvalue weighted by atomic mass is 9.76. The smallest absolute Gasteiger partial charge is 0.402 e. The van der Waals surface area contributed by atoms with Crippen molar-refractivity contribution in [3.63, 3.8) is 0 Å². The van der Waals surface area contributed by atoms with Gasteiger partial charge >= 0.3 is 7.12 Å². The standard InChI is InChI=1S/C13H28BNO3Si2/c1-12(2)13(3,4)18-14(17-12)11(9-8-10-16-5)15(19-6)20-7/h11H,8-10H2,1-7H3. The second kappa shape index (κ2) is 7.56. The Morgan fingerprint density at radius 2 is 1.60 bits per heavy atom. The molecule has 0 aromatic heterocycles. The summed E-state index contributed by atoms with van der Waals surface area (Å²) < 4.78 is 20.2. The first-order chi connectivity index (χ1) is 9.29. The molecule has 1 aliphatic rings. The Bertz CT molecular complexity index is 285. The van der Waals surface area contributed by atoms with E-state index in [1.807, 2.05) is 0 Å². The lowest BCUT2D eigenvalue weighted by Gasteiger charge is -2.32. The Morgan fingerprint density at radius 3 is 2.00 bits per heavy atom. The average Bonchev–Trinajstić information content (AvgIpc) is 2.58. The first-order valence-electron chi connectivity index (χ1n) is 7.27. The normalized spacial score (nSPS) is 22.5. The van der Waals surface area contributed by atoms with E-state index < -0.39 is 0 Å². The number of hydrogen-bond acceptors (Lipinski definition) is 4. The van der Waals surface area contributed by atoms with Crippen LogP contribution in [-0.2, 0) is 14.0 Å². The predicted octanol–water partition coefficient (Wildman–Crippen LogP) is 2.05. The van der Waals surface area contributed by atoms with Crippen molar-refractivity contribution in [2.24, 2.45) is 0 Å². The van der Waals surface area contributed by atoms with Gasteiger partial charge < -0.3 is 18.3 Å². The van der Waals surface area contributed by atoms with Crippen LogP contribution in [0.2, 0.25) is 13.1 Å². The molecule has 4 radical (unpaired) electrons. The molecule has 0 spiro atoms. The molecule has 114 valence electrons. The van der Waals surface area contributed by atoms with Gasteiger partial charge in [-0.15, -0.1) is 0 Å². The molecule has 0 aromatic carbocycles. The number of rotatable bonds is 8. The van der Waals surface area contributed by atoms with Crippen LogP contribution >= 0.6 is 0 Å². The molecule has 7 heteroatoms. The van der Waals surface area contributed by atoms with Crippen molar-refractivity contribution in [1.29, 1.82) is 0 Å². The van der Waals surface area contributed by atoms with Gasteiger partial charge in [0.25, 0.3) is 0 Å².